The molecule has 1 atom stereocenters. The van der Waals surface area contributed by atoms with E-state index in [0.29, 0.717) is 5.67 Å². The summed E-state index contributed by atoms with van der Waals surface area (Å²) in [4.78, 5) is 0. The lowest BCUT2D eigenvalue weighted by Crippen LogP contribution is -2.44. The van der Waals surface area contributed by atoms with Gasteiger partial charge in [0.2, 0.25) is 0 Å². The summed E-state index contributed by atoms with van der Waals surface area (Å²) in [6.07, 6.45) is 2.87. The second-order valence-electron chi connectivity index (χ2n) is 3.50. The largest absolute Gasteiger partial charge is 0.330 e. The van der Waals surface area contributed by atoms with Gasteiger partial charge in [0.1, 0.15) is 0 Å². The molecule has 0 saturated heterocycles. The van der Waals surface area contributed by atoms with Crippen LogP contribution < -0.4 is 5.73 Å². The van der Waals surface area contributed by atoms with Crippen molar-refractivity contribution in [1.29, 1.82) is 0 Å². The van der Waals surface area contributed by atoms with Gasteiger partial charge in [-0.25, -0.2) is 0 Å². The Bertz CT molecular complexity index is 93.6. The summed E-state index contributed by atoms with van der Waals surface area (Å²) in [6, 6.07) is 0. The maximum absolute atomic E-state index is 5.85. The lowest BCUT2D eigenvalue weighted by Gasteiger charge is -2.23. The molecule has 9 heavy (non-hydrogen) atoms. The van der Waals surface area contributed by atoms with Gasteiger partial charge in [-0.15, -0.1) is 6.58 Å². The number of hydrogen-bond acceptors (Lipinski definition) is 1. The molecular formula is C7H17NSi. The molecule has 0 aliphatic heterocycles. The first-order chi connectivity index (χ1) is 3.98. The van der Waals surface area contributed by atoms with Crippen molar-refractivity contribution in [2.24, 2.45) is 5.73 Å². The van der Waals surface area contributed by atoms with Crippen molar-refractivity contribution >= 4 is 8.07 Å². The van der Waals surface area contributed by atoms with Crippen LogP contribution >= 0.6 is 0 Å². The first kappa shape index (κ1) is 8.92. The summed E-state index contributed by atoms with van der Waals surface area (Å²) in [5.74, 6) is 0. The van der Waals surface area contributed by atoms with Crippen molar-refractivity contribution in [2.75, 3.05) is 0 Å². The lowest BCUT2D eigenvalue weighted by molar-refractivity contribution is 0.878. The molecule has 0 heterocycles. The van der Waals surface area contributed by atoms with Gasteiger partial charge < -0.3 is 5.73 Å². The van der Waals surface area contributed by atoms with E-state index in [-0.39, 0.29) is 0 Å². The minimum absolute atomic E-state index is 0.384. The highest BCUT2D eigenvalue weighted by Gasteiger charge is 2.20. The summed E-state index contributed by atoms with van der Waals surface area (Å²) >= 11 is 0. The van der Waals surface area contributed by atoms with Gasteiger partial charge in [0.05, 0.1) is 8.07 Å². The Labute approximate surface area is 59.0 Å². The van der Waals surface area contributed by atoms with E-state index in [9.17, 15) is 0 Å². The fraction of sp³-hybridized carbons (Fsp3) is 0.714. The Kier molecular flexibility index (Phi) is 3.15. The van der Waals surface area contributed by atoms with Crippen molar-refractivity contribution in [3.8, 4) is 0 Å². The maximum atomic E-state index is 5.85. The highest BCUT2D eigenvalue weighted by atomic mass is 28.3. The van der Waals surface area contributed by atoms with E-state index in [4.69, 9.17) is 5.73 Å². The monoisotopic (exact) mass is 143 g/mol. The standard InChI is InChI=1S/C7H17NSi/c1-5-6-7(8)9(2,3)4/h5,7H,1,6,8H2,2-4H3. The first-order valence-electron chi connectivity index (χ1n) is 3.35. The zero-order chi connectivity index (χ0) is 7.49. The molecular weight excluding hydrogens is 126 g/mol. The molecule has 0 radical (unpaired) electrons. The van der Waals surface area contributed by atoms with Gasteiger partial charge in [0, 0.05) is 5.67 Å². The van der Waals surface area contributed by atoms with E-state index in [1.165, 1.54) is 0 Å². The van der Waals surface area contributed by atoms with Crippen molar-refractivity contribution in [1.82, 2.24) is 0 Å². The highest BCUT2D eigenvalue weighted by Crippen LogP contribution is 2.08. The van der Waals surface area contributed by atoms with Gasteiger partial charge in [-0.3, -0.25) is 0 Å². The molecule has 0 aliphatic carbocycles. The summed E-state index contributed by atoms with van der Waals surface area (Å²) < 4.78 is 0. The molecule has 0 aliphatic rings. The average molecular weight is 143 g/mol. The Morgan fingerprint density at radius 1 is 1.56 bits per heavy atom. The fourth-order valence-corrected chi connectivity index (χ4v) is 1.41. The normalized spacial score (nSPS) is 15.1. The van der Waals surface area contributed by atoms with Crippen molar-refractivity contribution < 1.29 is 0 Å². The molecule has 1 unspecified atom stereocenters. The van der Waals surface area contributed by atoms with Crippen LogP contribution in [0, 0.1) is 0 Å². The first-order valence-corrected chi connectivity index (χ1v) is 6.92. The van der Waals surface area contributed by atoms with Crippen molar-refractivity contribution in [2.45, 2.75) is 31.7 Å². The molecule has 2 heteroatoms. The molecule has 1 nitrogen and oxygen atoms in total. The van der Waals surface area contributed by atoms with E-state index in [1.54, 1.807) is 0 Å². The van der Waals surface area contributed by atoms with E-state index >= 15 is 0 Å². The van der Waals surface area contributed by atoms with Gasteiger partial charge in [-0.2, -0.15) is 0 Å². The Balaban J connectivity index is 3.72. The Hall–Kier alpha value is -0.0831. The maximum Gasteiger partial charge on any atom is 0.0636 e. The van der Waals surface area contributed by atoms with Crippen LogP contribution in [0.1, 0.15) is 6.42 Å². The van der Waals surface area contributed by atoms with Crippen LogP contribution in [0.5, 0.6) is 0 Å². The zero-order valence-electron chi connectivity index (χ0n) is 6.65. The minimum atomic E-state index is -1.08. The molecule has 0 rings (SSSR count). The number of nitrogens with two attached hydrogens (primary N) is 1. The topological polar surface area (TPSA) is 26.0 Å². The molecule has 0 aromatic rings. The molecule has 0 saturated carbocycles. The summed E-state index contributed by atoms with van der Waals surface area (Å²) in [5.41, 5.74) is 6.24. The molecule has 2 N–H and O–H groups in total. The van der Waals surface area contributed by atoms with E-state index < -0.39 is 8.07 Å². The molecule has 0 amide bonds. The third kappa shape index (κ3) is 3.49. The van der Waals surface area contributed by atoms with Crippen LogP contribution in [0.25, 0.3) is 0 Å². The summed E-state index contributed by atoms with van der Waals surface area (Å²) in [6.45, 7) is 10.5. The van der Waals surface area contributed by atoms with Gasteiger partial charge in [0.25, 0.3) is 0 Å². The van der Waals surface area contributed by atoms with Crippen molar-refractivity contribution in [3.05, 3.63) is 12.7 Å². The quantitative estimate of drug-likeness (QED) is 0.473. The molecule has 0 spiro atoms. The van der Waals surface area contributed by atoms with Crippen LogP contribution in [0.15, 0.2) is 12.7 Å². The van der Waals surface area contributed by atoms with Crippen LogP contribution in [0.2, 0.25) is 19.6 Å². The van der Waals surface area contributed by atoms with E-state index in [2.05, 4.69) is 26.2 Å². The van der Waals surface area contributed by atoms with E-state index in [1.807, 2.05) is 6.08 Å². The fourth-order valence-electron chi connectivity index (χ4n) is 0.533. The van der Waals surface area contributed by atoms with Crippen LogP contribution in [0.3, 0.4) is 0 Å². The number of rotatable bonds is 3. The third-order valence-corrected chi connectivity index (χ3v) is 3.99. The van der Waals surface area contributed by atoms with Gasteiger partial charge in [0.15, 0.2) is 0 Å². The van der Waals surface area contributed by atoms with Gasteiger partial charge >= 0.3 is 0 Å². The number of hydrogen-bond donors (Lipinski definition) is 1. The molecule has 0 bridgehead atoms. The van der Waals surface area contributed by atoms with Crippen LogP contribution in [0.4, 0.5) is 0 Å². The molecule has 0 aromatic heterocycles. The Morgan fingerprint density at radius 3 is 2.11 bits per heavy atom. The molecule has 0 aromatic carbocycles. The third-order valence-electron chi connectivity index (χ3n) is 1.53. The SMILES string of the molecule is C=CCC(N)[Si](C)(C)C. The predicted octanol–water partition coefficient (Wildman–Crippen LogP) is 1.77. The van der Waals surface area contributed by atoms with E-state index in [0.717, 1.165) is 6.42 Å². The minimum Gasteiger partial charge on any atom is -0.330 e. The van der Waals surface area contributed by atoms with Gasteiger partial charge in [-0.05, 0) is 6.42 Å². The highest BCUT2D eigenvalue weighted by molar-refractivity contribution is 6.77. The molecule has 0 fully saturated rings. The Morgan fingerprint density at radius 2 is 2.00 bits per heavy atom. The summed E-state index contributed by atoms with van der Waals surface area (Å²) in [5, 5.41) is 0. The second-order valence-corrected chi connectivity index (χ2v) is 8.97. The molecule has 54 valence electrons. The van der Waals surface area contributed by atoms with Gasteiger partial charge in [-0.1, -0.05) is 25.7 Å². The zero-order valence-corrected chi connectivity index (χ0v) is 7.65. The lowest BCUT2D eigenvalue weighted by atomic mass is 10.4. The van der Waals surface area contributed by atoms with Crippen LogP contribution in [-0.2, 0) is 0 Å². The summed E-state index contributed by atoms with van der Waals surface area (Å²) in [7, 11) is -1.08. The van der Waals surface area contributed by atoms with Crippen molar-refractivity contribution in [3.63, 3.8) is 0 Å². The predicted molar refractivity (Wildman–Crippen MR) is 46.1 cm³/mol. The second kappa shape index (κ2) is 3.18. The smallest absolute Gasteiger partial charge is 0.0636 e. The van der Waals surface area contributed by atoms with Crippen LogP contribution in [-0.4, -0.2) is 13.7 Å². The average Bonchev–Trinajstić information content (AvgIpc) is 1.64.